The minimum absolute atomic E-state index is 0.0577. The normalized spacial score (nSPS) is 18.9. The number of anilines is 1. The van der Waals surface area contributed by atoms with E-state index in [-0.39, 0.29) is 11.8 Å². The van der Waals surface area contributed by atoms with Gasteiger partial charge in [0.25, 0.3) is 0 Å². The van der Waals surface area contributed by atoms with Crippen molar-refractivity contribution in [3.63, 3.8) is 0 Å². The number of hydrogen-bond acceptors (Lipinski definition) is 2. The highest BCUT2D eigenvalue weighted by Gasteiger charge is 2.27. The van der Waals surface area contributed by atoms with Gasteiger partial charge in [0.05, 0.1) is 0 Å². The zero-order valence-corrected chi connectivity index (χ0v) is 11.0. The van der Waals surface area contributed by atoms with Crippen molar-refractivity contribution in [1.29, 1.82) is 0 Å². The predicted octanol–water partition coefficient (Wildman–Crippen LogP) is 1.97. The lowest BCUT2D eigenvalue weighted by Crippen LogP contribution is -2.37. The average Bonchev–Trinajstić information content (AvgIpc) is 2.69. The van der Waals surface area contributed by atoms with E-state index in [1.165, 1.54) is 0 Å². The molecule has 2 amide bonds. The van der Waals surface area contributed by atoms with Gasteiger partial charge in [-0.15, -0.1) is 0 Å². The standard InChI is InChI=1S/C12H13BrN2O2/c1-7-6-8(13)2-3-9(7)15-12(17)10-4-5-11(16)14-10/h2-3,6,10H,4-5H2,1H3,(H,14,16)(H,15,17). The minimum atomic E-state index is -0.398. The number of aryl methyl sites for hydroxylation is 1. The summed E-state index contributed by atoms with van der Waals surface area (Å²) in [5, 5.41) is 5.47. The van der Waals surface area contributed by atoms with Crippen LogP contribution in [-0.4, -0.2) is 17.9 Å². The molecule has 90 valence electrons. The second-order valence-electron chi connectivity index (χ2n) is 4.11. The summed E-state index contributed by atoms with van der Waals surface area (Å²) in [6.45, 7) is 1.92. The molecule has 5 heteroatoms. The summed E-state index contributed by atoms with van der Waals surface area (Å²) in [6, 6.07) is 5.25. The summed E-state index contributed by atoms with van der Waals surface area (Å²) in [7, 11) is 0. The van der Waals surface area contributed by atoms with Gasteiger partial charge in [-0.05, 0) is 37.1 Å². The molecule has 1 heterocycles. The molecular formula is C12H13BrN2O2. The Hall–Kier alpha value is -1.36. The van der Waals surface area contributed by atoms with Crippen molar-refractivity contribution in [2.24, 2.45) is 0 Å². The van der Waals surface area contributed by atoms with Crippen LogP contribution in [0.4, 0.5) is 5.69 Å². The fraction of sp³-hybridized carbons (Fsp3) is 0.333. The van der Waals surface area contributed by atoms with E-state index < -0.39 is 6.04 Å². The van der Waals surface area contributed by atoms with Crippen molar-refractivity contribution >= 4 is 33.4 Å². The molecule has 0 bridgehead atoms. The maximum atomic E-state index is 11.9. The molecule has 0 radical (unpaired) electrons. The van der Waals surface area contributed by atoms with Crippen molar-refractivity contribution in [3.05, 3.63) is 28.2 Å². The van der Waals surface area contributed by atoms with E-state index in [2.05, 4.69) is 26.6 Å². The van der Waals surface area contributed by atoms with Crippen molar-refractivity contribution in [3.8, 4) is 0 Å². The van der Waals surface area contributed by atoms with E-state index in [9.17, 15) is 9.59 Å². The molecule has 2 rings (SSSR count). The van der Waals surface area contributed by atoms with E-state index >= 15 is 0 Å². The third-order valence-electron chi connectivity index (χ3n) is 2.76. The first-order valence-corrected chi connectivity index (χ1v) is 6.22. The summed E-state index contributed by atoms with van der Waals surface area (Å²) in [4.78, 5) is 22.9. The SMILES string of the molecule is Cc1cc(Br)ccc1NC(=O)C1CCC(=O)N1. The van der Waals surface area contributed by atoms with Crippen LogP contribution in [0.3, 0.4) is 0 Å². The number of amides is 2. The van der Waals surface area contributed by atoms with E-state index in [4.69, 9.17) is 0 Å². The molecular weight excluding hydrogens is 284 g/mol. The third-order valence-corrected chi connectivity index (χ3v) is 3.25. The smallest absolute Gasteiger partial charge is 0.246 e. The van der Waals surface area contributed by atoms with Crippen LogP contribution in [0, 0.1) is 6.92 Å². The van der Waals surface area contributed by atoms with Crippen LogP contribution in [0.15, 0.2) is 22.7 Å². The molecule has 1 unspecified atom stereocenters. The maximum absolute atomic E-state index is 11.9. The zero-order chi connectivity index (χ0) is 12.4. The molecule has 1 fully saturated rings. The second kappa shape index (κ2) is 4.87. The molecule has 0 aromatic heterocycles. The van der Waals surface area contributed by atoms with Crippen molar-refractivity contribution in [1.82, 2.24) is 5.32 Å². The van der Waals surface area contributed by atoms with Crippen LogP contribution in [0.1, 0.15) is 18.4 Å². The molecule has 0 saturated carbocycles. The summed E-state index contributed by atoms with van der Waals surface area (Å²) in [6.07, 6.45) is 0.998. The number of rotatable bonds is 2. The molecule has 1 aromatic carbocycles. The van der Waals surface area contributed by atoms with E-state index in [1.54, 1.807) is 0 Å². The Morgan fingerprint density at radius 1 is 1.53 bits per heavy atom. The van der Waals surface area contributed by atoms with Gasteiger partial charge in [0, 0.05) is 16.6 Å². The number of benzene rings is 1. The van der Waals surface area contributed by atoms with Gasteiger partial charge in [-0.25, -0.2) is 0 Å². The van der Waals surface area contributed by atoms with Crippen LogP contribution in [0.2, 0.25) is 0 Å². The van der Waals surface area contributed by atoms with Crippen LogP contribution in [-0.2, 0) is 9.59 Å². The molecule has 17 heavy (non-hydrogen) atoms. The molecule has 0 aliphatic carbocycles. The first-order valence-electron chi connectivity index (χ1n) is 5.42. The summed E-state index contributed by atoms with van der Waals surface area (Å²) in [5.74, 6) is -0.209. The van der Waals surface area contributed by atoms with E-state index in [1.807, 2.05) is 25.1 Å². The topological polar surface area (TPSA) is 58.2 Å². The Bertz CT molecular complexity index is 474. The maximum Gasteiger partial charge on any atom is 0.246 e. The largest absolute Gasteiger partial charge is 0.344 e. The Kier molecular flexibility index (Phi) is 3.47. The van der Waals surface area contributed by atoms with Crippen molar-refractivity contribution < 1.29 is 9.59 Å². The number of carbonyl (C=O) groups excluding carboxylic acids is 2. The van der Waals surface area contributed by atoms with E-state index in [0.717, 1.165) is 15.7 Å². The predicted molar refractivity (Wildman–Crippen MR) is 68.7 cm³/mol. The first kappa shape index (κ1) is 12.1. The van der Waals surface area contributed by atoms with Gasteiger partial charge in [0.2, 0.25) is 11.8 Å². The van der Waals surface area contributed by atoms with Crippen LogP contribution in [0.5, 0.6) is 0 Å². The highest BCUT2D eigenvalue weighted by Crippen LogP contribution is 2.20. The first-order chi connectivity index (χ1) is 8.06. The monoisotopic (exact) mass is 296 g/mol. The third kappa shape index (κ3) is 2.85. The lowest BCUT2D eigenvalue weighted by Gasteiger charge is -2.12. The molecule has 4 nitrogen and oxygen atoms in total. The van der Waals surface area contributed by atoms with Crippen molar-refractivity contribution in [2.45, 2.75) is 25.8 Å². The zero-order valence-electron chi connectivity index (χ0n) is 9.42. The van der Waals surface area contributed by atoms with Gasteiger partial charge in [-0.1, -0.05) is 15.9 Å². The van der Waals surface area contributed by atoms with Gasteiger partial charge >= 0.3 is 0 Å². The van der Waals surface area contributed by atoms with E-state index in [0.29, 0.717) is 12.8 Å². The van der Waals surface area contributed by atoms with Crippen LogP contribution >= 0.6 is 15.9 Å². The van der Waals surface area contributed by atoms with Crippen LogP contribution in [0.25, 0.3) is 0 Å². The van der Waals surface area contributed by atoms with Gasteiger partial charge in [-0.2, -0.15) is 0 Å². The molecule has 1 aliphatic rings. The quantitative estimate of drug-likeness (QED) is 0.877. The Morgan fingerprint density at radius 2 is 2.29 bits per heavy atom. The lowest BCUT2D eigenvalue weighted by atomic mass is 10.1. The van der Waals surface area contributed by atoms with Gasteiger partial charge in [0.15, 0.2) is 0 Å². The Balaban J connectivity index is 2.05. The molecule has 1 saturated heterocycles. The lowest BCUT2D eigenvalue weighted by molar-refractivity contribution is -0.122. The minimum Gasteiger partial charge on any atom is -0.344 e. The van der Waals surface area contributed by atoms with Gasteiger partial charge in [0.1, 0.15) is 6.04 Å². The number of nitrogens with one attached hydrogen (secondary N) is 2. The highest BCUT2D eigenvalue weighted by molar-refractivity contribution is 9.10. The van der Waals surface area contributed by atoms with Crippen LogP contribution < -0.4 is 10.6 Å². The Labute approximate surface area is 108 Å². The fourth-order valence-corrected chi connectivity index (χ4v) is 2.27. The number of carbonyl (C=O) groups is 2. The molecule has 1 atom stereocenters. The number of hydrogen-bond donors (Lipinski definition) is 2. The highest BCUT2D eigenvalue weighted by atomic mass is 79.9. The molecule has 0 spiro atoms. The van der Waals surface area contributed by atoms with Crippen molar-refractivity contribution in [2.75, 3.05) is 5.32 Å². The molecule has 1 aliphatic heterocycles. The summed E-state index contributed by atoms with van der Waals surface area (Å²) in [5.41, 5.74) is 1.76. The van der Waals surface area contributed by atoms with Gasteiger partial charge in [-0.3, -0.25) is 9.59 Å². The molecule has 2 N–H and O–H groups in total. The molecule has 1 aromatic rings. The summed E-state index contributed by atoms with van der Waals surface area (Å²) < 4.78 is 0.974. The fourth-order valence-electron chi connectivity index (χ4n) is 1.80. The number of halogens is 1. The van der Waals surface area contributed by atoms with Gasteiger partial charge < -0.3 is 10.6 Å². The Morgan fingerprint density at radius 3 is 2.88 bits per heavy atom. The average molecular weight is 297 g/mol. The second-order valence-corrected chi connectivity index (χ2v) is 5.02. The summed E-state index contributed by atoms with van der Waals surface area (Å²) >= 11 is 3.37.